The highest BCUT2D eigenvalue weighted by Crippen LogP contribution is 2.34. The van der Waals surface area contributed by atoms with E-state index in [1.807, 2.05) is 0 Å². The van der Waals surface area contributed by atoms with Crippen molar-refractivity contribution >= 4 is 34.1 Å². The number of hydrogen-bond acceptors (Lipinski definition) is 6. The van der Waals surface area contributed by atoms with Crippen molar-refractivity contribution in [2.24, 2.45) is 0 Å². The maximum atomic E-state index is 12.9. The lowest BCUT2D eigenvalue weighted by Crippen LogP contribution is -2.36. The van der Waals surface area contributed by atoms with E-state index in [0.29, 0.717) is 26.8 Å². The molecule has 1 aromatic heterocycles. The summed E-state index contributed by atoms with van der Waals surface area (Å²) >= 11 is 1.09. The molecular formula is C23H28N2O5S. The molecule has 0 atom stereocenters. The van der Waals surface area contributed by atoms with Crippen molar-refractivity contribution < 1.29 is 23.9 Å². The fourth-order valence-corrected chi connectivity index (χ4v) is 4.80. The highest BCUT2D eigenvalue weighted by molar-refractivity contribution is 7.18. The molecule has 3 rings (SSSR count). The molecule has 0 bridgehead atoms. The summed E-state index contributed by atoms with van der Waals surface area (Å²) in [4.78, 5) is 38.8. The summed E-state index contributed by atoms with van der Waals surface area (Å²) in [6.07, 6.45) is 5.31. The van der Waals surface area contributed by atoms with Crippen LogP contribution in [0.1, 0.15) is 75.0 Å². The monoisotopic (exact) mass is 444 g/mol. The van der Waals surface area contributed by atoms with Crippen LogP contribution in [0, 0.1) is 6.92 Å². The van der Waals surface area contributed by atoms with Crippen LogP contribution >= 0.6 is 11.3 Å². The van der Waals surface area contributed by atoms with Gasteiger partial charge in [0.15, 0.2) is 0 Å². The lowest BCUT2D eigenvalue weighted by Gasteiger charge is -2.22. The minimum absolute atomic E-state index is 0.142. The third-order valence-electron chi connectivity index (χ3n) is 5.33. The van der Waals surface area contributed by atoms with Gasteiger partial charge in [-0.15, -0.1) is 11.3 Å². The fourth-order valence-electron chi connectivity index (χ4n) is 3.70. The van der Waals surface area contributed by atoms with Crippen molar-refractivity contribution in [1.82, 2.24) is 5.32 Å². The van der Waals surface area contributed by atoms with Crippen LogP contribution in [-0.4, -0.2) is 37.5 Å². The molecule has 7 nitrogen and oxygen atoms in total. The number of methoxy groups -OCH3 is 1. The summed E-state index contributed by atoms with van der Waals surface area (Å²) in [5, 5.41) is 6.16. The molecule has 2 N–H and O–H groups in total. The predicted octanol–water partition coefficient (Wildman–Crippen LogP) is 4.56. The number of carbonyl (C=O) groups excluding carboxylic acids is 3. The van der Waals surface area contributed by atoms with Gasteiger partial charge in [0.1, 0.15) is 10.8 Å². The maximum Gasteiger partial charge on any atom is 0.341 e. The first kappa shape index (κ1) is 22.8. The van der Waals surface area contributed by atoms with E-state index in [9.17, 15) is 14.4 Å². The average molecular weight is 445 g/mol. The Hall–Kier alpha value is -2.87. The van der Waals surface area contributed by atoms with Crippen molar-refractivity contribution in [3.8, 4) is 5.75 Å². The van der Waals surface area contributed by atoms with Crippen LogP contribution in [0.25, 0.3) is 0 Å². The third kappa shape index (κ3) is 5.44. The zero-order valence-corrected chi connectivity index (χ0v) is 18.9. The van der Waals surface area contributed by atoms with E-state index in [2.05, 4.69) is 10.6 Å². The Labute approximate surface area is 186 Å². The molecule has 0 spiro atoms. The first-order valence-corrected chi connectivity index (χ1v) is 11.3. The molecule has 0 saturated heterocycles. The summed E-state index contributed by atoms with van der Waals surface area (Å²) in [7, 11) is 1.52. The number of amides is 2. The highest BCUT2D eigenvalue weighted by Gasteiger charge is 2.28. The molecule has 2 aromatic rings. The second kappa shape index (κ2) is 10.4. The van der Waals surface area contributed by atoms with Gasteiger partial charge in [-0.1, -0.05) is 25.3 Å². The van der Waals surface area contributed by atoms with Crippen molar-refractivity contribution in [3.63, 3.8) is 0 Å². The van der Waals surface area contributed by atoms with Gasteiger partial charge in [0, 0.05) is 11.6 Å². The van der Waals surface area contributed by atoms with E-state index in [1.165, 1.54) is 13.5 Å². The summed E-state index contributed by atoms with van der Waals surface area (Å²) in [5.41, 5.74) is 1.11. The van der Waals surface area contributed by atoms with Gasteiger partial charge in [-0.25, -0.2) is 4.79 Å². The number of hydrogen-bond donors (Lipinski definition) is 2. The molecule has 0 aliphatic heterocycles. The Balaban J connectivity index is 1.88. The van der Waals surface area contributed by atoms with Crippen LogP contribution in [0.5, 0.6) is 5.75 Å². The summed E-state index contributed by atoms with van der Waals surface area (Å²) in [5.74, 6) is -0.631. The number of carbonyl (C=O) groups is 3. The Kier molecular flexibility index (Phi) is 7.68. The predicted molar refractivity (Wildman–Crippen MR) is 120 cm³/mol. The van der Waals surface area contributed by atoms with Gasteiger partial charge < -0.3 is 20.1 Å². The van der Waals surface area contributed by atoms with Crippen LogP contribution in [0.3, 0.4) is 0 Å². The number of anilines is 1. The lowest BCUT2D eigenvalue weighted by atomic mass is 9.95. The maximum absolute atomic E-state index is 12.9. The van der Waals surface area contributed by atoms with Gasteiger partial charge in [-0.05, 0) is 50.5 Å². The molecule has 2 amide bonds. The van der Waals surface area contributed by atoms with Crippen LogP contribution < -0.4 is 15.4 Å². The van der Waals surface area contributed by atoms with Gasteiger partial charge in [0.05, 0.1) is 24.2 Å². The Morgan fingerprint density at radius 3 is 2.55 bits per heavy atom. The number of thiophene rings is 1. The van der Waals surface area contributed by atoms with E-state index >= 15 is 0 Å². The van der Waals surface area contributed by atoms with Crippen molar-refractivity contribution in [1.29, 1.82) is 0 Å². The number of rotatable bonds is 7. The van der Waals surface area contributed by atoms with Gasteiger partial charge in [-0.2, -0.15) is 0 Å². The number of nitrogens with one attached hydrogen (secondary N) is 2. The third-order valence-corrected chi connectivity index (χ3v) is 6.54. The highest BCUT2D eigenvalue weighted by atomic mass is 32.1. The van der Waals surface area contributed by atoms with E-state index in [-0.39, 0.29) is 24.1 Å². The number of benzene rings is 1. The Bertz CT molecular complexity index is 963. The van der Waals surface area contributed by atoms with E-state index in [1.54, 1.807) is 38.1 Å². The first-order valence-electron chi connectivity index (χ1n) is 10.5. The quantitative estimate of drug-likeness (QED) is 0.611. The molecule has 166 valence electrons. The van der Waals surface area contributed by atoms with Crippen LogP contribution in [0.4, 0.5) is 5.00 Å². The fraction of sp³-hybridized carbons (Fsp3) is 0.435. The smallest absolute Gasteiger partial charge is 0.341 e. The van der Waals surface area contributed by atoms with E-state index in [0.717, 1.165) is 37.0 Å². The van der Waals surface area contributed by atoms with Crippen LogP contribution in [-0.2, 0) is 4.74 Å². The number of ether oxygens (including phenoxy) is 2. The minimum atomic E-state index is -0.561. The summed E-state index contributed by atoms with van der Waals surface area (Å²) < 4.78 is 10.4. The molecule has 8 heteroatoms. The lowest BCUT2D eigenvalue weighted by molar-refractivity contribution is 0.0527. The van der Waals surface area contributed by atoms with Crippen molar-refractivity contribution in [2.45, 2.75) is 52.0 Å². The standard InChI is InChI=1S/C23H28N2O5S/c1-4-30-23(28)18-14(2)19(21(27)24-16-10-6-5-7-11-16)31-22(18)25-20(26)15-9-8-12-17(13-15)29-3/h8-9,12-13,16H,4-7,10-11H2,1-3H3,(H,24,27)(H,25,26). The molecule has 0 unspecified atom stereocenters. The normalized spacial score (nSPS) is 14.0. The second-order valence-electron chi connectivity index (χ2n) is 7.48. The molecule has 1 aromatic carbocycles. The topological polar surface area (TPSA) is 93.7 Å². The summed E-state index contributed by atoms with van der Waals surface area (Å²) in [6, 6.07) is 6.85. The largest absolute Gasteiger partial charge is 0.497 e. The molecular weight excluding hydrogens is 416 g/mol. The zero-order chi connectivity index (χ0) is 22.4. The van der Waals surface area contributed by atoms with Gasteiger partial charge in [0.25, 0.3) is 11.8 Å². The van der Waals surface area contributed by atoms with Gasteiger partial charge in [-0.3, -0.25) is 9.59 Å². The molecule has 0 radical (unpaired) electrons. The van der Waals surface area contributed by atoms with Crippen molar-refractivity contribution in [3.05, 3.63) is 45.8 Å². The van der Waals surface area contributed by atoms with E-state index < -0.39 is 11.9 Å². The molecule has 1 aliphatic rings. The van der Waals surface area contributed by atoms with Gasteiger partial charge >= 0.3 is 5.97 Å². The Morgan fingerprint density at radius 2 is 1.87 bits per heavy atom. The van der Waals surface area contributed by atoms with Crippen LogP contribution in [0.15, 0.2) is 24.3 Å². The van der Waals surface area contributed by atoms with Crippen LogP contribution in [0.2, 0.25) is 0 Å². The molecule has 31 heavy (non-hydrogen) atoms. The molecule has 1 heterocycles. The molecule has 1 saturated carbocycles. The SMILES string of the molecule is CCOC(=O)c1c(NC(=O)c2cccc(OC)c2)sc(C(=O)NC2CCCCC2)c1C. The Morgan fingerprint density at radius 1 is 1.13 bits per heavy atom. The van der Waals surface area contributed by atoms with E-state index in [4.69, 9.17) is 9.47 Å². The second-order valence-corrected chi connectivity index (χ2v) is 8.50. The number of esters is 1. The summed E-state index contributed by atoms with van der Waals surface area (Å²) in [6.45, 7) is 3.62. The zero-order valence-electron chi connectivity index (χ0n) is 18.1. The molecule has 1 fully saturated rings. The minimum Gasteiger partial charge on any atom is -0.497 e. The molecule has 1 aliphatic carbocycles. The van der Waals surface area contributed by atoms with Gasteiger partial charge in [0.2, 0.25) is 0 Å². The first-order chi connectivity index (χ1) is 14.9. The average Bonchev–Trinajstić information content (AvgIpc) is 3.10. The van der Waals surface area contributed by atoms with Crippen molar-refractivity contribution in [2.75, 3.05) is 19.0 Å².